The molecule has 1 aliphatic heterocycles. The van der Waals surface area contributed by atoms with Gasteiger partial charge in [-0.3, -0.25) is 0 Å². The van der Waals surface area contributed by atoms with Crippen molar-refractivity contribution in [1.29, 1.82) is 0 Å². The Labute approximate surface area is 83.8 Å². The largest absolute Gasteiger partial charge is 0.346 e. The number of hydrogen-bond acceptors (Lipinski definition) is 4. The Balaban J connectivity index is 0.000000396. The van der Waals surface area contributed by atoms with Crippen molar-refractivity contribution in [1.82, 2.24) is 10.3 Å². The third-order valence-corrected chi connectivity index (χ3v) is 2.64. The standard InChI is InChI=1S/C7H11N3S.C2H6/c1-4-10(5-2-8-1)7-9-3-6-11-7;1-2/h3,6,8H,1-2,4-5H2;1-2H3. The minimum Gasteiger partial charge on any atom is -0.346 e. The molecule has 0 atom stereocenters. The fraction of sp³-hybridized carbons (Fsp3) is 0.667. The lowest BCUT2D eigenvalue weighted by Gasteiger charge is -2.26. The second kappa shape index (κ2) is 5.94. The summed E-state index contributed by atoms with van der Waals surface area (Å²) in [6.45, 7) is 8.35. The maximum Gasteiger partial charge on any atom is 0.185 e. The van der Waals surface area contributed by atoms with Crippen LogP contribution in [0.15, 0.2) is 11.6 Å². The molecule has 3 nitrogen and oxygen atoms in total. The molecular formula is C9H17N3S. The van der Waals surface area contributed by atoms with E-state index >= 15 is 0 Å². The van der Waals surface area contributed by atoms with Crippen LogP contribution in [0.2, 0.25) is 0 Å². The van der Waals surface area contributed by atoms with Crippen LogP contribution < -0.4 is 10.2 Å². The van der Waals surface area contributed by atoms with E-state index in [1.165, 1.54) is 0 Å². The zero-order valence-electron chi connectivity index (χ0n) is 8.29. The van der Waals surface area contributed by atoms with E-state index in [-0.39, 0.29) is 0 Å². The molecule has 0 unspecified atom stereocenters. The quantitative estimate of drug-likeness (QED) is 0.744. The van der Waals surface area contributed by atoms with Gasteiger partial charge in [0.2, 0.25) is 0 Å². The van der Waals surface area contributed by atoms with Gasteiger partial charge in [-0.05, 0) is 0 Å². The van der Waals surface area contributed by atoms with E-state index in [2.05, 4.69) is 15.2 Å². The van der Waals surface area contributed by atoms with E-state index in [1.54, 1.807) is 11.3 Å². The summed E-state index contributed by atoms with van der Waals surface area (Å²) in [7, 11) is 0. The molecule has 4 heteroatoms. The second-order valence-corrected chi connectivity index (χ2v) is 3.42. The molecule has 0 radical (unpaired) electrons. The summed E-state index contributed by atoms with van der Waals surface area (Å²) < 4.78 is 0. The third-order valence-electron chi connectivity index (χ3n) is 1.81. The van der Waals surface area contributed by atoms with Crippen LogP contribution in [0.1, 0.15) is 13.8 Å². The smallest absolute Gasteiger partial charge is 0.185 e. The predicted molar refractivity (Wildman–Crippen MR) is 58.5 cm³/mol. The highest BCUT2D eigenvalue weighted by atomic mass is 32.1. The Hall–Kier alpha value is -0.610. The highest BCUT2D eigenvalue weighted by Crippen LogP contribution is 2.16. The van der Waals surface area contributed by atoms with Gasteiger partial charge in [0, 0.05) is 37.8 Å². The summed E-state index contributed by atoms with van der Waals surface area (Å²) in [6.07, 6.45) is 1.86. The van der Waals surface area contributed by atoms with Gasteiger partial charge in [0.05, 0.1) is 0 Å². The SMILES string of the molecule is CC.c1csc(N2CCNCC2)n1. The summed E-state index contributed by atoms with van der Waals surface area (Å²) in [5.74, 6) is 0. The summed E-state index contributed by atoms with van der Waals surface area (Å²) in [6, 6.07) is 0. The first-order chi connectivity index (χ1) is 6.47. The zero-order valence-corrected chi connectivity index (χ0v) is 9.10. The van der Waals surface area contributed by atoms with Gasteiger partial charge in [-0.1, -0.05) is 13.8 Å². The minimum absolute atomic E-state index is 1.08. The lowest BCUT2D eigenvalue weighted by molar-refractivity contribution is 0.588. The van der Waals surface area contributed by atoms with Crippen LogP contribution in [-0.4, -0.2) is 31.2 Å². The Morgan fingerprint density at radius 1 is 1.38 bits per heavy atom. The van der Waals surface area contributed by atoms with Gasteiger partial charge in [0.15, 0.2) is 5.13 Å². The Bertz CT molecular complexity index is 205. The average Bonchev–Trinajstić information content (AvgIpc) is 2.75. The molecule has 1 N–H and O–H groups in total. The Morgan fingerprint density at radius 2 is 2.08 bits per heavy atom. The van der Waals surface area contributed by atoms with Crippen molar-refractivity contribution < 1.29 is 0 Å². The lowest BCUT2D eigenvalue weighted by Crippen LogP contribution is -2.43. The van der Waals surface area contributed by atoms with Crippen LogP contribution in [0.4, 0.5) is 5.13 Å². The van der Waals surface area contributed by atoms with Crippen LogP contribution in [0.25, 0.3) is 0 Å². The van der Waals surface area contributed by atoms with E-state index in [1.807, 2.05) is 25.4 Å². The number of anilines is 1. The molecule has 0 amide bonds. The van der Waals surface area contributed by atoms with Gasteiger partial charge in [0.1, 0.15) is 0 Å². The number of rotatable bonds is 1. The molecule has 1 fully saturated rings. The highest BCUT2D eigenvalue weighted by molar-refractivity contribution is 7.13. The molecule has 1 saturated heterocycles. The van der Waals surface area contributed by atoms with Gasteiger partial charge >= 0.3 is 0 Å². The van der Waals surface area contributed by atoms with Crippen LogP contribution in [0.5, 0.6) is 0 Å². The van der Waals surface area contributed by atoms with Gasteiger partial charge in [-0.15, -0.1) is 11.3 Å². The summed E-state index contributed by atoms with van der Waals surface area (Å²) in [4.78, 5) is 6.58. The fourth-order valence-corrected chi connectivity index (χ4v) is 1.93. The fourth-order valence-electron chi connectivity index (χ4n) is 1.23. The van der Waals surface area contributed by atoms with Gasteiger partial charge in [0.25, 0.3) is 0 Å². The van der Waals surface area contributed by atoms with Crippen LogP contribution in [-0.2, 0) is 0 Å². The van der Waals surface area contributed by atoms with E-state index in [0.717, 1.165) is 31.3 Å². The third kappa shape index (κ3) is 2.97. The first kappa shape index (κ1) is 10.5. The molecule has 0 saturated carbocycles. The molecule has 0 aromatic carbocycles. The highest BCUT2D eigenvalue weighted by Gasteiger charge is 2.11. The molecule has 2 rings (SSSR count). The monoisotopic (exact) mass is 199 g/mol. The number of aromatic nitrogens is 1. The van der Waals surface area contributed by atoms with Crippen LogP contribution in [0.3, 0.4) is 0 Å². The summed E-state index contributed by atoms with van der Waals surface area (Å²) in [5.41, 5.74) is 0. The topological polar surface area (TPSA) is 28.2 Å². The van der Waals surface area contributed by atoms with Crippen molar-refractivity contribution in [3.8, 4) is 0 Å². The number of thiazole rings is 1. The zero-order chi connectivity index (χ0) is 9.52. The number of hydrogen-bond donors (Lipinski definition) is 1. The maximum absolute atomic E-state index is 4.26. The van der Waals surface area contributed by atoms with E-state index in [4.69, 9.17) is 0 Å². The number of nitrogens with one attached hydrogen (secondary N) is 1. The molecule has 13 heavy (non-hydrogen) atoms. The number of piperazine rings is 1. The molecule has 0 bridgehead atoms. The molecule has 0 spiro atoms. The van der Waals surface area contributed by atoms with Crippen LogP contribution >= 0.6 is 11.3 Å². The summed E-state index contributed by atoms with van der Waals surface area (Å²) >= 11 is 1.72. The molecule has 1 aliphatic rings. The number of nitrogens with zero attached hydrogens (tertiary/aromatic N) is 2. The molecule has 2 heterocycles. The normalized spacial score (nSPS) is 16.3. The maximum atomic E-state index is 4.26. The molecule has 1 aromatic rings. The molecule has 74 valence electrons. The average molecular weight is 199 g/mol. The van der Waals surface area contributed by atoms with Gasteiger partial charge in [-0.2, -0.15) is 0 Å². The van der Waals surface area contributed by atoms with Crippen molar-refractivity contribution in [2.45, 2.75) is 13.8 Å². The lowest BCUT2D eigenvalue weighted by atomic mass is 10.4. The Kier molecular flexibility index (Phi) is 4.78. The first-order valence-corrected chi connectivity index (χ1v) is 5.70. The summed E-state index contributed by atoms with van der Waals surface area (Å²) in [5, 5.41) is 6.50. The minimum atomic E-state index is 1.08. The van der Waals surface area contributed by atoms with Crippen molar-refractivity contribution in [2.75, 3.05) is 31.1 Å². The van der Waals surface area contributed by atoms with Crippen molar-refractivity contribution >= 4 is 16.5 Å². The van der Waals surface area contributed by atoms with Crippen molar-refractivity contribution in [2.24, 2.45) is 0 Å². The van der Waals surface area contributed by atoms with E-state index < -0.39 is 0 Å². The second-order valence-electron chi connectivity index (χ2n) is 2.55. The van der Waals surface area contributed by atoms with E-state index in [9.17, 15) is 0 Å². The van der Waals surface area contributed by atoms with Crippen molar-refractivity contribution in [3.05, 3.63) is 11.6 Å². The predicted octanol–water partition coefficient (Wildman–Crippen LogP) is 1.58. The molecular weight excluding hydrogens is 182 g/mol. The van der Waals surface area contributed by atoms with Gasteiger partial charge in [-0.25, -0.2) is 4.98 Å². The van der Waals surface area contributed by atoms with Gasteiger partial charge < -0.3 is 10.2 Å². The first-order valence-electron chi connectivity index (χ1n) is 4.82. The molecule has 0 aliphatic carbocycles. The molecule has 1 aromatic heterocycles. The van der Waals surface area contributed by atoms with Crippen LogP contribution in [0, 0.1) is 0 Å². The Morgan fingerprint density at radius 3 is 2.62 bits per heavy atom. The van der Waals surface area contributed by atoms with Crippen molar-refractivity contribution in [3.63, 3.8) is 0 Å². The van der Waals surface area contributed by atoms with E-state index in [0.29, 0.717) is 0 Å².